The predicted octanol–water partition coefficient (Wildman–Crippen LogP) is 8.56. The number of carbonyl (C=O) groups is 4. The van der Waals surface area contributed by atoms with Crippen molar-refractivity contribution in [2.75, 3.05) is 27.8 Å². The highest BCUT2D eigenvalue weighted by Crippen LogP contribution is 2.53. The molecule has 4 aliphatic rings. The number of nitrogens with zero attached hydrogens (tertiary/aromatic N) is 5. The zero-order valence-electron chi connectivity index (χ0n) is 37.1. The molecule has 14 nitrogen and oxygen atoms in total. The number of hydrogen-bond donors (Lipinski definition) is 3. The number of alkyl halides is 2. The van der Waals surface area contributed by atoms with Crippen molar-refractivity contribution < 1.29 is 37.4 Å². The lowest BCUT2D eigenvalue weighted by molar-refractivity contribution is -0.139. The van der Waals surface area contributed by atoms with Crippen molar-refractivity contribution in [3.63, 3.8) is 0 Å². The first kappa shape index (κ1) is 43.0. The van der Waals surface area contributed by atoms with E-state index in [9.17, 15) is 19.2 Å². The number of likely N-dealkylation sites (tertiary alicyclic amines) is 2. The highest BCUT2D eigenvalue weighted by atomic mass is 19.3. The number of fused-ring (bicyclic) bond motifs is 6. The van der Waals surface area contributed by atoms with E-state index in [1.807, 2.05) is 56.9 Å². The van der Waals surface area contributed by atoms with Crippen molar-refractivity contribution >= 4 is 35.0 Å². The van der Waals surface area contributed by atoms with Gasteiger partial charge < -0.3 is 34.6 Å². The summed E-state index contributed by atoms with van der Waals surface area (Å²) < 4.78 is 43.0. The number of likely N-dealkylation sites (N-methyl/N-ethyl adjacent to an activating group) is 1. The third-order valence-electron chi connectivity index (χ3n) is 13.9. The maximum Gasteiger partial charge on any atom is 0.409 e. The van der Waals surface area contributed by atoms with Crippen LogP contribution in [-0.4, -0.2) is 105 Å². The first-order chi connectivity index (χ1) is 30.6. The topological polar surface area (TPSA) is 166 Å². The molecule has 4 amide bonds. The number of aromatic nitrogens is 4. The van der Waals surface area contributed by atoms with Crippen LogP contribution in [0.2, 0.25) is 0 Å². The molecule has 4 heterocycles. The molecule has 2 saturated heterocycles. The summed E-state index contributed by atoms with van der Waals surface area (Å²) in [6.45, 7) is 8.05. The fourth-order valence-corrected chi connectivity index (χ4v) is 10.7. The fraction of sp³-hybridized carbons (Fsp3) is 0.458. The van der Waals surface area contributed by atoms with Gasteiger partial charge in [-0.1, -0.05) is 58.0 Å². The van der Waals surface area contributed by atoms with Crippen LogP contribution in [0.1, 0.15) is 94.7 Å². The molecule has 16 heteroatoms. The molecule has 3 fully saturated rings. The molecule has 3 N–H and O–H groups in total. The Balaban J connectivity index is 0.952. The number of amides is 4. The largest absolute Gasteiger partial charge is 0.453 e. The number of alkyl carbamates (subject to hydrolysis) is 1. The number of ether oxygens (including phenoxy) is 2. The average Bonchev–Trinajstić information content (AvgIpc) is 4.16. The minimum absolute atomic E-state index is 0.0454. The molecule has 2 aliphatic carbocycles. The maximum atomic E-state index is 16.6. The second-order valence-electron chi connectivity index (χ2n) is 18.4. The molecule has 0 unspecified atom stereocenters. The summed E-state index contributed by atoms with van der Waals surface area (Å²) >= 11 is 0. The standard InChI is InChI=1S/C48H54F2N8O6/c1-24(2)39(55-46(61)63-6)44(59)58-30-14-10-29(19-30)41(58)43-52-35-17-13-27(22-36(35)53-43)26-11-15-31-32-16-12-28(21-34(32)48(49,50)33(31)20-26)37-23-51-42(54-37)38-9-8-18-57(38)45(60)40(25(3)4)56(5)47(62)64-7/h11-13,15-17,20-25,29-30,38-41H,8-10,14,18-19H2,1-7H3,(H,51,54)(H,52,53)(H,55,61)/t29-,30+,38-,39-,40-,41-/m0/s1. The molecule has 6 atom stereocenters. The van der Waals surface area contributed by atoms with E-state index in [1.54, 1.807) is 42.4 Å². The van der Waals surface area contributed by atoms with Gasteiger partial charge in [0.25, 0.3) is 5.92 Å². The van der Waals surface area contributed by atoms with E-state index in [1.165, 1.54) is 25.2 Å². The molecule has 2 aliphatic heterocycles. The molecule has 1 saturated carbocycles. The molecule has 2 aromatic heterocycles. The quantitative estimate of drug-likeness (QED) is 0.126. The second-order valence-corrected chi connectivity index (χ2v) is 18.4. The van der Waals surface area contributed by atoms with Gasteiger partial charge in [-0.2, -0.15) is 8.78 Å². The minimum Gasteiger partial charge on any atom is -0.453 e. The highest BCUT2D eigenvalue weighted by molar-refractivity contribution is 5.89. The summed E-state index contributed by atoms with van der Waals surface area (Å²) in [6.07, 6.45) is 4.50. The number of benzene rings is 3. The average molecular weight is 877 g/mol. The number of imidazole rings is 2. The van der Waals surface area contributed by atoms with Crippen molar-refractivity contribution in [3.8, 4) is 33.5 Å². The van der Waals surface area contributed by atoms with Crippen LogP contribution in [0.15, 0.2) is 60.8 Å². The van der Waals surface area contributed by atoms with Crippen molar-refractivity contribution in [2.24, 2.45) is 17.8 Å². The first-order valence-electron chi connectivity index (χ1n) is 22.1. The van der Waals surface area contributed by atoms with E-state index in [0.717, 1.165) is 36.8 Å². The van der Waals surface area contributed by atoms with E-state index >= 15 is 8.78 Å². The summed E-state index contributed by atoms with van der Waals surface area (Å²) in [5.74, 6) is -2.53. The Morgan fingerprint density at radius 3 is 2.22 bits per heavy atom. The van der Waals surface area contributed by atoms with Crippen LogP contribution in [0.5, 0.6) is 0 Å². The van der Waals surface area contributed by atoms with Gasteiger partial charge in [0.1, 0.15) is 23.7 Å². The van der Waals surface area contributed by atoms with E-state index in [4.69, 9.17) is 14.5 Å². The van der Waals surface area contributed by atoms with E-state index in [0.29, 0.717) is 58.1 Å². The Bertz CT molecular complexity index is 2660. The van der Waals surface area contributed by atoms with Gasteiger partial charge in [-0.3, -0.25) is 14.5 Å². The lowest BCUT2D eigenvalue weighted by Crippen LogP contribution is -2.54. The summed E-state index contributed by atoms with van der Waals surface area (Å²) in [7, 11) is 4.12. The Morgan fingerprint density at radius 2 is 1.53 bits per heavy atom. The Morgan fingerprint density at radius 1 is 0.844 bits per heavy atom. The number of hydrogen-bond acceptors (Lipinski definition) is 8. The van der Waals surface area contributed by atoms with Gasteiger partial charge in [0.2, 0.25) is 11.8 Å². The van der Waals surface area contributed by atoms with Gasteiger partial charge in [0.05, 0.1) is 49.2 Å². The monoisotopic (exact) mass is 876 g/mol. The molecule has 336 valence electrons. The molecule has 64 heavy (non-hydrogen) atoms. The number of aromatic amines is 2. The van der Waals surface area contributed by atoms with Crippen LogP contribution in [0.4, 0.5) is 18.4 Å². The summed E-state index contributed by atoms with van der Waals surface area (Å²) in [4.78, 5) is 73.9. The van der Waals surface area contributed by atoms with E-state index in [2.05, 4.69) is 20.3 Å². The van der Waals surface area contributed by atoms with Crippen molar-refractivity contribution in [1.29, 1.82) is 0 Å². The third-order valence-corrected chi connectivity index (χ3v) is 13.9. The van der Waals surface area contributed by atoms with Crippen LogP contribution in [0.25, 0.3) is 44.5 Å². The zero-order valence-corrected chi connectivity index (χ0v) is 37.1. The normalized spacial score (nSPS) is 21.6. The number of halogens is 2. The summed E-state index contributed by atoms with van der Waals surface area (Å²) in [5.41, 5.74) is 4.63. The van der Waals surface area contributed by atoms with Gasteiger partial charge in [0.15, 0.2) is 0 Å². The van der Waals surface area contributed by atoms with Crippen molar-refractivity contribution in [3.05, 3.63) is 83.6 Å². The van der Waals surface area contributed by atoms with Crippen LogP contribution in [-0.2, 0) is 25.0 Å². The lowest BCUT2D eigenvalue weighted by Gasteiger charge is -2.37. The van der Waals surface area contributed by atoms with Gasteiger partial charge in [-0.05, 0) is 96.4 Å². The van der Waals surface area contributed by atoms with Crippen molar-refractivity contribution in [1.82, 2.24) is 40.0 Å². The molecule has 0 spiro atoms. The van der Waals surface area contributed by atoms with E-state index in [-0.39, 0.29) is 58.8 Å². The number of nitrogens with one attached hydrogen (secondary N) is 3. The number of rotatable bonds is 10. The first-order valence-corrected chi connectivity index (χ1v) is 22.1. The predicted molar refractivity (Wildman–Crippen MR) is 235 cm³/mol. The van der Waals surface area contributed by atoms with Crippen LogP contribution >= 0.6 is 0 Å². The molecule has 2 bridgehead atoms. The van der Waals surface area contributed by atoms with Gasteiger partial charge in [0, 0.05) is 36.3 Å². The van der Waals surface area contributed by atoms with Crippen LogP contribution in [0.3, 0.4) is 0 Å². The van der Waals surface area contributed by atoms with Crippen molar-refractivity contribution in [2.45, 2.75) is 95.9 Å². The number of H-pyrrole nitrogens is 2. The lowest BCUT2D eigenvalue weighted by atomic mass is 9.95. The minimum atomic E-state index is -3.29. The van der Waals surface area contributed by atoms with E-state index < -0.39 is 30.2 Å². The Kier molecular flexibility index (Phi) is 11.0. The number of carbonyl (C=O) groups excluding carboxylic acids is 4. The smallest absolute Gasteiger partial charge is 0.409 e. The molecular weight excluding hydrogens is 823 g/mol. The van der Waals surface area contributed by atoms with Gasteiger partial charge >= 0.3 is 12.2 Å². The van der Waals surface area contributed by atoms with Gasteiger partial charge in [-0.15, -0.1) is 0 Å². The molecule has 9 rings (SSSR count). The second kappa shape index (κ2) is 16.3. The Hall–Kier alpha value is -6.32. The van der Waals surface area contributed by atoms with Crippen LogP contribution in [0, 0.1) is 17.8 Å². The summed E-state index contributed by atoms with van der Waals surface area (Å²) in [5, 5.41) is 2.73. The van der Waals surface area contributed by atoms with Crippen LogP contribution < -0.4 is 5.32 Å². The molecule has 5 aromatic rings. The zero-order chi connectivity index (χ0) is 45.4. The number of piperidine rings is 1. The highest BCUT2D eigenvalue weighted by Gasteiger charge is 2.52. The fourth-order valence-electron chi connectivity index (χ4n) is 10.7. The SMILES string of the molecule is COC(=O)N[C@H](C(=O)N1[C@@H]2CC[C@@H](C2)[C@H]1c1nc2ccc(-c3ccc4c(c3)C(F)(F)c3cc(-c5cnc([C@@H]6CCCN6C(=O)[C@H](C(C)C)N(C)C(=O)OC)[nH]5)ccc3-4)cc2[nH]1)C(C)C. The van der Waals surface area contributed by atoms with Gasteiger partial charge in [-0.25, -0.2) is 19.6 Å². The molecule has 3 aromatic carbocycles. The summed E-state index contributed by atoms with van der Waals surface area (Å²) in [6, 6.07) is 13.8. The molecule has 0 radical (unpaired) electrons. The third kappa shape index (κ3) is 7.14. The number of methoxy groups -OCH3 is 2. The maximum absolute atomic E-state index is 16.6. The molecular formula is C48H54F2N8O6. The Labute approximate surface area is 370 Å².